The molecule has 0 N–H and O–H groups in total. The molecule has 6 unspecified atom stereocenters. The van der Waals surface area contributed by atoms with Gasteiger partial charge in [0, 0.05) is 30.5 Å². The minimum absolute atomic E-state index is 0.0131. The third kappa shape index (κ3) is 25.1. The molecule has 0 amide bonds. The van der Waals surface area contributed by atoms with E-state index in [-0.39, 0.29) is 84.9 Å². The summed E-state index contributed by atoms with van der Waals surface area (Å²) in [5.74, 6) is 1.58. The van der Waals surface area contributed by atoms with E-state index in [0.717, 1.165) is 39.3 Å². The van der Waals surface area contributed by atoms with E-state index in [4.69, 9.17) is 56.8 Å². The van der Waals surface area contributed by atoms with E-state index in [9.17, 15) is 28.8 Å². The number of ether oxygens (including phenoxy) is 12. The zero-order valence-corrected chi connectivity index (χ0v) is 60.1. The van der Waals surface area contributed by atoms with Crippen LogP contribution in [0.25, 0.3) is 0 Å². The molecule has 7 aromatic rings. The summed E-state index contributed by atoms with van der Waals surface area (Å²) in [7, 11) is 3.33. The van der Waals surface area contributed by atoms with Crippen molar-refractivity contribution in [3.05, 3.63) is 214 Å². The first-order valence-corrected chi connectivity index (χ1v) is 33.3. The standard InChI is InChI=1S/C55H64O12.C26H34O6/c1-36(56)31-51(57)65-38(3)33-62-48-25-17-44(18-26-48)55(8,9)46-21-29-50(30-22-46)64-35-40(5)67-53(59)42-13-11-41(12-14-42)52(58)66-39(4)34-63-49-27-19-45(20-28-49)54(6,7)43-15-23-47(24-16-43)61-32-37(2)60-10;1-18(27)15-25(28)32-20(3)17-31-24-13-9-22(10-14-24)26(4,5)21-7-11-23(12-8-21)30-16-19(2)29-6/h11-30,37-40H,31-35H2,1-10H3;7-14,19-20H,15-17H2,1-6H3. The Morgan fingerprint density at radius 2 is 0.465 bits per heavy atom. The van der Waals surface area contributed by atoms with Crippen LogP contribution in [0.4, 0.5) is 0 Å². The van der Waals surface area contributed by atoms with Gasteiger partial charge in [0.2, 0.25) is 0 Å². The first kappa shape index (κ1) is 78.5. The summed E-state index contributed by atoms with van der Waals surface area (Å²) in [6.45, 7) is 28.2. The Kier molecular flexibility index (Phi) is 29.7. The van der Waals surface area contributed by atoms with E-state index < -0.39 is 48.3 Å². The molecular formula is C81H98O18. The number of hydrogen-bond donors (Lipinski definition) is 0. The predicted octanol–water partition coefficient (Wildman–Crippen LogP) is 15.0. The predicted molar refractivity (Wildman–Crippen MR) is 379 cm³/mol. The van der Waals surface area contributed by atoms with E-state index in [1.54, 1.807) is 41.9 Å². The Bertz CT molecular complexity index is 3670. The fourth-order valence-electron chi connectivity index (χ4n) is 10.0. The summed E-state index contributed by atoms with van der Waals surface area (Å²) < 4.78 is 67.1. The SMILES string of the molecule is COC(C)COc1ccc(C(C)(C)c2ccc(OCC(C)OC(=O)CC(C)=O)cc2)cc1.COC(C)COc1ccc(C(C)(C)c2ccc(OCC(C)OC(=O)c3ccc(C(=O)OC(C)COc4ccc(C(C)(C)c5ccc(OCC(C)OC(=O)CC(C)=O)cc5)cc4)cc3)cc2)cc1. The third-order valence-electron chi connectivity index (χ3n) is 16.6. The second-order valence-electron chi connectivity index (χ2n) is 26.3. The molecule has 0 saturated carbocycles. The second kappa shape index (κ2) is 37.4. The van der Waals surface area contributed by atoms with Gasteiger partial charge in [0.15, 0.2) is 0 Å². The lowest BCUT2D eigenvalue weighted by atomic mass is 9.78. The van der Waals surface area contributed by atoms with Crippen LogP contribution in [0.15, 0.2) is 170 Å². The number of Topliss-reactive ketones (excluding diaryl/α,β-unsaturated/α-hetero) is 2. The highest BCUT2D eigenvalue weighted by Crippen LogP contribution is 2.37. The van der Waals surface area contributed by atoms with Gasteiger partial charge in [0.1, 0.15) is 123 Å². The molecule has 18 heteroatoms. The molecule has 0 radical (unpaired) electrons. The van der Waals surface area contributed by atoms with Crippen molar-refractivity contribution in [2.75, 3.05) is 53.9 Å². The van der Waals surface area contributed by atoms with Crippen LogP contribution in [0.1, 0.15) is 164 Å². The van der Waals surface area contributed by atoms with Crippen molar-refractivity contribution >= 4 is 35.4 Å². The number of esters is 4. The Morgan fingerprint density at radius 3 is 0.646 bits per heavy atom. The monoisotopic (exact) mass is 1360 g/mol. The number of carbonyl (C=O) groups is 6. The Labute approximate surface area is 583 Å². The summed E-state index contributed by atoms with van der Waals surface area (Å²) in [4.78, 5) is 71.3. The summed E-state index contributed by atoms with van der Waals surface area (Å²) >= 11 is 0. The third-order valence-corrected chi connectivity index (χ3v) is 16.6. The summed E-state index contributed by atoms with van der Waals surface area (Å²) in [6, 6.07) is 53.6. The van der Waals surface area contributed by atoms with Crippen molar-refractivity contribution in [1.82, 2.24) is 0 Å². The zero-order valence-electron chi connectivity index (χ0n) is 60.1. The molecule has 0 bridgehead atoms. The zero-order chi connectivity index (χ0) is 72.5. The van der Waals surface area contributed by atoms with Crippen molar-refractivity contribution in [3.8, 4) is 34.5 Å². The van der Waals surface area contributed by atoms with Crippen molar-refractivity contribution in [1.29, 1.82) is 0 Å². The van der Waals surface area contributed by atoms with Crippen LogP contribution >= 0.6 is 0 Å². The van der Waals surface area contributed by atoms with Gasteiger partial charge in [-0.25, -0.2) is 9.59 Å². The van der Waals surface area contributed by atoms with Crippen LogP contribution in [0.2, 0.25) is 0 Å². The molecule has 7 rings (SSSR count). The first-order valence-electron chi connectivity index (χ1n) is 33.3. The van der Waals surface area contributed by atoms with Crippen LogP contribution < -0.4 is 28.4 Å². The molecule has 530 valence electrons. The molecule has 0 aromatic heterocycles. The Balaban J connectivity index is 0.000000403. The van der Waals surface area contributed by atoms with E-state index >= 15 is 0 Å². The highest BCUT2D eigenvalue weighted by Gasteiger charge is 2.27. The maximum atomic E-state index is 12.9. The van der Waals surface area contributed by atoms with E-state index in [2.05, 4.69) is 65.8 Å². The lowest BCUT2D eigenvalue weighted by molar-refractivity contribution is -0.152. The van der Waals surface area contributed by atoms with E-state index in [0.29, 0.717) is 41.8 Å². The van der Waals surface area contributed by atoms with Gasteiger partial charge >= 0.3 is 23.9 Å². The van der Waals surface area contributed by atoms with Crippen LogP contribution in [0, 0.1) is 0 Å². The van der Waals surface area contributed by atoms with Crippen molar-refractivity contribution in [3.63, 3.8) is 0 Å². The lowest BCUT2D eigenvalue weighted by Gasteiger charge is -2.26. The molecule has 18 nitrogen and oxygen atoms in total. The number of carbonyl (C=O) groups excluding carboxylic acids is 6. The average molecular weight is 1360 g/mol. The lowest BCUT2D eigenvalue weighted by Crippen LogP contribution is -2.23. The molecule has 6 atom stereocenters. The molecule has 0 aliphatic carbocycles. The minimum Gasteiger partial charge on any atom is -0.491 e. The average Bonchev–Trinajstić information content (AvgIpc) is 0.817. The molecule has 0 fully saturated rings. The maximum Gasteiger partial charge on any atom is 0.338 e. The van der Waals surface area contributed by atoms with Crippen molar-refractivity contribution in [2.24, 2.45) is 0 Å². The molecule has 0 aliphatic rings. The smallest absolute Gasteiger partial charge is 0.338 e. The fraction of sp³-hybridized carbons (Fsp3) is 0.407. The van der Waals surface area contributed by atoms with Gasteiger partial charge in [-0.05, 0) is 186 Å². The van der Waals surface area contributed by atoms with Crippen LogP contribution in [-0.2, 0) is 63.8 Å². The van der Waals surface area contributed by atoms with Crippen molar-refractivity contribution < 1.29 is 85.6 Å². The van der Waals surface area contributed by atoms with Crippen LogP contribution in [0.3, 0.4) is 0 Å². The fourth-order valence-corrected chi connectivity index (χ4v) is 10.0. The number of hydrogen-bond acceptors (Lipinski definition) is 18. The molecule has 7 aromatic carbocycles. The van der Waals surface area contributed by atoms with Gasteiger partial charge in [-0.3, -0.25) is 19.2 Å². The summed E-state index contributed by atoms with van der Waals surface area (Å²) in [6.07, 6.45) is -2.44. The summed E-state index contributed by atoms with van der Waals surface area (Å²) in [5, 5.41) is 0. The van der Waals surface area contributed by atoms with Gasteiger partial charge < -0.3 is 56.8 Å². The van der Waals surface area contributed by atoms with Crippen LogP contribution in [0.5, 0.6) is 34.5 Å². The van der Waals surface area contributed by atoms with E-state index in [1.165, 1.54) is 43.7 Å². The quantitative estimate of drug-likeness (QED) is 0.0203. The number of benzene rings is 7. The summed E-state index contributed by atoms with van der Waals surface area (Å²) in [5.41, 5.74) is 6.50. The highest BCUT2D eigenvalue weighted by atomic mass is 16.6. The van der Waals surface area contributed by atoms with Gasteiger partial charge in [-0.1, -0.05) is 114 Å². The van der Waals surface area contributed by atoms with Crippen molar-refractivity contribution in [2.45, 2.75) is 163 Å². The topological polar surface area (TPSA) is 213 Å². The maximum absolute atomic E-state index is 12.9. The second-order valence-corrected chi connectivity index (χ2v) is 26.3. The van der Waals surface area contributed by atoms with Gasteiger partial charge in [0.25, 0.3) is 0 Å². The highest BCUT2D eigenvalue weighted by molar-refractivity contribution is 5.95. The number of methoxy groups -OCH3 is 2. The first-order chi connectivity index (χ1) is 46.9. The Morgan fingerprint density at radius 1 is 0.283 bits per heavy atom. The van der Waals surface area contributed by atoms with Gasteiger partial charge in [-0.15, -0.1) is 0 Å². The molecule has 0 aliphatic heterocycles. The molecular weight excluding hydrogens is 1260 g/mol. The normalized spacial score (nSPS) is 13.3. The largest absolute Gasteiger partial charge is 0.491 e. The molecule has 0 heterocycles. The molecule has 0 spiro atoms. The molecule has 99 heavy (non-hydrogen) atoms. The van der Waals surface area contributed by atoms with Crippen LogP contribution in [-0.4, -0.2) is 126 Å². The molecule has 0 saturated heterocycles. The van der Waals surface area contributed by atoms with E-state index in [1.807, 2.05) is 135 Å². The van der Waals surface area contributed by atoms with Gasteiger partial charge in [-0.2, -0.15) is 0 Å². The minimum atomic E-state index is -0.566. The number of ketones is 2. The Hall–Kier alpha value is -9.52. The number of rotatable bonds is 36. The van der Waals surface area contributed by atoms with Gasteiger partial charge in [0.05, 0.1) is 23.3 Å².